The average molecular weight is 317 g/mol. The summed E-state index contributed by atoms with van der Waals surface area (Å²) in [7, 11) is 0. The topological polar surface area (TPSA) is 24.9 Å². The molecule has 6 heteroatoms. The molecule has 0 aliphatic carbocycles. The Labute approximate surface area is 110 Å². The lowest BCUT2D eigenvalue weighted by atomic mass is 10.2. The number of hydrogen-bond acceptors (Lipinski definition) is 2. The van der Waals surface area contributed by atoms with Crippen LogP contribution in [-0.2, 0) is 0 Å². The minimum Gasteiger partial charge on any atom is -0.340 e. The zero-order valence-corrected chi connectivity index (χ0v) is 10.9. The standard InChI is InChI=1S/C12H8BrF3N2/c1-6-8(13)2-3-11(17-6)18-7-4-9(14)12(16)10(15)5-7/h2-5H,1H3,(H,17,18). The molecule has 0 atom stereocenters. The zero-order chi connectivity index (χ0) is 13.3. The van der Waals surface area contributed by atoms with Crippen molar-refractivity contribution in [3.05, 3.63) is 51.9 Å². The molecule has 2 aromatic rings. The first-order valence-electron chi connectivity index (χ1n) is 5.02. The van der Waals surface area contributed by atoms with Gasteiger partial charge < -0.3 is 5.32 Å². The molecule has 0 spiro atoms. The van der Waals surface area contributed by atoms with Gasteiger partial charge in [-0.1, -0.05) is 0 Å². The number of rotatable bonds is 2. The van der Waals surface area contributed by atoms with Crippen molar-refractivity contribution in [2.24, 2.45) is 0 Å². The van der Waals surface area contributed by atoms with E-state index in [1.165, 1.54) is 0 Å². The van der Waals surface area contributed by atoms with E-state index in [1.807, 2.05) is 0 Å². The lowest BCUT2D eigenvalue weighted by Gasteiger charge is -2.08. The quantitative estimate of drug-likeness (QED) is 0.835. The Morgan fingerprint density at radius 3 is 2.28 bits per heavy atom. The van der Waals surface area contributed by atoms with Crippen molar-refractivity contribution in [1.82, 2.24) is 4.98 Å². The molecule has 1 heterocycles. The second kappa shape index (κ2) is 4.97. The van der Waals surface area contributed by atoms with Gasteiger partial charge in [-0.15, -0.1) is 0 Å². The fraction of sp³-hybridized carbons (Fsp3) is 0.0833. The first kappa shape index (κ1) is 12.9. The summed E-state index contributed by atoms with van der Waals surface area (Å²) in [6.45, 7) is 1.78. The SMILES string of the molecule is Cc1nc(Nc2cc(F)c(F)c(F)c2)ccc1Br. The van der Waals surface area contributed by atoms with Crippen LogP contribution in [0.2, 0.25) is 0 Å². The maximum atomic E-state index is 13.0. The van der Waals surface area contributed by atoms with Crippen LogP contribution >= 0.6 is 15.9 Å². The highest BCUT2D eigenvalue weighted by Gasteiger charge is 2.11. The van der Waals surface area contributed by atoms with E-state index in [4.69, 9.17) is 0 Å². The zero-order valence-electron chi connectivity index (χ0n) is 9.27. The van der Waals surface area contributed by atoms with Crippen LogP contribution in [0.1, 0.15) is 5.69 Å². The van der Waals surface area contributed by atoms with Gasteiger partial charge in [0.15, 0.2) is 17.5 Å². The molecule has 0 fully saturated rings. The number of pyridine rings is 1. The molecule has 1 aromatic heterocycles. The van der Waals surface area contributed by atoms with Crippen LogP contribution in [0.3, 0.4) is 0 Å². The number of benzene rings is 1. The Morgan fingerprint density at radius 1 is 1.11 bits per heavy atom. The predicted molar refractivity (Wildman–Crippen MR) is 66.3 cm³/mol. The van der Waals surface area contributed by atoms with Gasteiger partial charge in [0.1, 0.15) is 5.82 Å². The summed E-state index contributed by atoms with van der Waals surface area (Å²) in [6.07, 6.45) is 0. The summed E-state index contributed by atoms with van der Waals surface area (Å²) in [5.74, 6) is -3.56. The van der Waals surface area contributed by atoms with Crippen molar-refractivity contribution in [2.75, 3.05) is 5.32 Å². The molecule has 2 rings (SSSR count). The molecule has 0 amide bonds. The molecule has 0 aliphatic rings. The Morgan fingerprint density at radius 2 is 1.72 bits per heavy atom. The molecule has 0 aliphatic heterocycles. The summed E-state index contributed by atoms with van der Waals surface area (Å²) in [4.78, 5) is 4.15. The van der Waals surface area contributed by atoms with Crippen molar-refractivity contribution in [1.29, 1.82) is 0 Å². The van der Waals surface area contributed by atoms with Crippen LogP contribution in [0.15, 0.2) is 28.7 Å². The van der Waals surface area contributed by atoms with Crippen LogP contribution < -0.4 is 5.32 Å². The largest absolute Gasteiger partial charge is 0.340 e. The molecule has 0 bridgehead atoms. The molecular weight excluding hydrogens is 309 g/mol. The number of hydrogen-bond donors (Lipinski definition) is 1. The van der Waals surface area contributed by atoms with Crippen molar-refractivity contribution in [3.63, 3.8) is 0 Å². The van der Waals surface area contributed by atoms with E-state index < -0.39 is 17.5 Å². The summed E-state index contributed by atoms with van der Waals surface area (Å²) in [5.41, 5.74) is 0.823. The monoisotopic (exact) mass is 316 g/mol. The van der Waals surface area contributed by atoms with Crippen LogP contribution in [-0.4, -0.2) is 4.98 Å². The van der Waals surface area contributed by atoms with E-state index in [-0.39, 0.29) is 5.69 Å². The van der Waals surface area contributed by atoms with Crippen LogP contribution in [0.4, 0.5) is 24.7 Å². The number of anilines is 2. The van der Waals surface area contributed by atoms with Gasteiger partial charge >= 0.3 is 0 Å². The van der Waals surface area contributed by atoms with Crippen molar-refractivity contribution in [3.8, 4) is 0 Å². The fourth-order valence-corrected chi connectivity index (χ4v) is 1.61. The highest BCUT2D eigenvalue weighted by Crippen LogP contribution is 2.22. The second-order valence-corrected chi connectivity index (χ2v) is 4.50. The summed E-state index contributed by atoms with van der Waals surface area (Å²) < 4.78 is 39.6. The van der Waals surface area contributed by atoms with Gasteiger partial charge in [0, 0.05) is 22.3 Å². The number of nitrogens with one attached hydrogen (secondary N) is 1. The maximum absolute atomic E-state index is 13.0. The summed E-state index contributed by atoms with van der Waals surface area (Å²) in [6, 6.07) is 5.13. The molecule has 18 heavy (non-hydrogen) atoms. The molecule has 0 radical (unpaired) electrons. The van der Waals surface area contributed by atoms with E-state index in [2.05, 4.69) is 26.2 Å². The molecule has 0 saturated heterocycles. The third-order valence-corrected chi connectivity index (χ3v) is 3.12. The minimum atomic E-state index is -1.49. The molecule has 94 valence electrons. The first-order chi connectivity index (χ1) is 8.47. The molecular formula is C12H8BrF3N2. The number of nitrogens with zero attached hydrogens (tertiary/aromatic N) is 1. The lowest BCUT2D eigenvalue weighted by Crippen LogP contribution is -1.98. The van der Waals surface area contributed by atoms with Crippen LogP contribution in [0.25, 0.3) is 0 Å². The highest BCUT2D eigenvalue weighted by atomic mass is 79.9. The fourth-order valence-electron chi connectivity index (χ4n) is 1.39. The first-order valence-corrected chi connectivity index (χ1v) is 5.81. The van der Waals surface area contributed by atoms with Crippen LogP contribution in [0.5, 0.6) is 0 Å². The Balaban J connectivity index is 2.31. The van der Waals surface area contributed by atoms with Crippen molar-refractivity contribution in [2.45, 2.75) is 6.92 Å². The van der Waals surface area contributed by atoms with E-state index in [0.717, 1.165) is 22.3 Å². The van der Waals surface area contributed by atoms with Crippen LogP contribution in [0, 0.1) is 24.4 Å². The minimum absolute atomic E-state index is 0.0978. The van der Waals surface area contributed by atoms with Gasteiger partial charge in [-0.25, -0.2) is 18.2 Å². The number of halogens is 4. The van der Waals surface area contributed by atoms with Gasteiger partial charge in [0.2, 0.25) is 0 Å². The Kier molecular flexibility index (Phi) is 3.56. The number of aromatic nitrogens is 1. The molecule has 1 aromatic carbocycles. The third kappa shape index (κ3) is 2.64. The molecule has 0 saturated carbocycles. The van der Waals surface area contributed by atoms with Gasteiger partial charge in [-0.3, -0.25) is 0 Å². The van der Waals surface area contributed by atoms with Crippen molar-refractivity contribution >= 4 is 27.4 Å². The molecule has 0 unspecified atom stereocenters. The van der Waals surface area contributed by atoms with Gasteiger partial charge in [-0.2, -0.15) is 0 Å². The smallest absolute Gasteiger partial charge is 0.194 e. The maximum Gasteiger partial charge on any atom is 0.194 e. The second-order valence-electron chi connectivity index (χ2n) is 3.64. The highest BCUT2D eigenvalue weighted by molar-refractivity contribution is 9.10. The molecule has 1 N–H and O–H groups in total. The normalized spacial score (nSPS) is 10.5. The average Bonchev–Trinajstić information content (AvgIpc) is 2.31. The van der Waals surface area contributed by atoms with E-state index in [9.17, 15) is 13.2 Å². The summed E-state index contributed by atoms with van der Waals surface area (Å²) >= 11 is 3.29. The lowest BCUT2D eigenvalue weighted by molar-refractivity contribution is 0.448. The van der Waals surface area contributed by atoms with Gasteiger partial charge in [0.25, 0.3) is 0 Å². The Hall–Kier alpha value is -1.56. The summed E-state index contributed by atoms with van der Waals surface area (Å²) in [5, 5.41) is 2.70. The van der Waals surface area contributed by atoms with Gasteiger partial charge in [-0.05, 0) is 35.0 Å². The predicted octanol–water partition coefficient (Wildman–Crippen LogP) is 4.31. The number of aryl methyl sites for hydroxylation is 1. The molecule has 2 nitrogen and oxygen atoms in total. The Bertz CT molecular complexity index is 579. The van der Waals surface area contributed by atoms with E-state index >= 15 is 0 Å². The van der Waals surface area contributed by atoms with Gasteiger partial charge in [0.05, 0.1) is 5.69 Å². The van der Waals surface area contributed by atoms with Crippen molar-refractivity contribution < 1.29 is 13.2 Å². The van der Waals surface area contributed by atoms with E-state index in [0.29, 0.717) is 5.82 Å². The third-order valence-electron chi connectivity index (χ3n) is 2.28. The van der Waals surface area contributed by atoms with E-state index in [1.54, 1.807) is 19.1 Å².